The monoisotopic (exact) mass is 360 g/mol. The number of carbonyl (C=O) groups excluding carboxylic acids is 2. The number of Topliss-reactive ketones (excluding diaryl/α,β-unsaturated/α-hetero) is 1. The zero-order chi connectivity index (χ0) is 17.4. The molecule has 1 amide bonds. The summed E-state index contributed by atoms with van der Waals surface area (Å²) in [4.78, 5) is 29.8. The van der Waals surface area contributed by atoms with E-state index < -0.39 is 0 Å². The summed E-state index contributed by atoms with van der Waals surface area (Å²) in [7, 11) is 0. The third-order valence-electron chi connectivity index (χ3n) is 6.25. The normalized spacial score (nSPS) is 27.2. The zero-order valence-corrected chi connectivity index (χ0v) is 15.9. The van der Waals surface area contributed by atoms with E-state index in [9.17, 15) is 9.59 Å². The van der Waals surface area contributed by atoms with Crippen molar-refractivity contribution in [2.24, 2.45) is 11.8 Å². The first-order valence-electron chi connectivity index (χ1n) is 9.68. The van der Waals surface area contributed by atoms with Crippen molar-refractivity contribution in [2.75, 3.05) is 26.2 Å². The molecule has 0 N–H and O–H groups in total. The van der Waals surface area contributed by atoms with Gasteiger partial charge in [0.15, 0.2) is 5.78 Å². The Morgan fingerprint density at radius 2 is 2.00 bits per heavy atom. The number of hydrogen-bond donors (Lipinski definition) is 0. The highest BCUT2D eigenvalue weighted by Gasteiger charge is 2.37. The molecule has 4 aliphatic rings. The lowest BCUT2D eigenvalue weighted by molar-refractivity contribution is -0.130. The van der Waals surface area contributed by atoms with Crippen LogP contribution in [0.4, 0.5) is 0 Å². The van der Waals surface area contributed by atoms with Crippen molar-refractivity contribution in [1.29, 1.82) is 0 Å². The predicted molar refractivity (Wildman–Crippen MR) is 100 cm³/mol. The molecule has 0 unspecified atom stereocenters. The highest BCUT2D eigenvalue weighted by atomic mass is 32.1. The summed E-state index contributed by atoms with van der Waals surface area (Å²) in [6.45, 7) is 5.82. The summed E-state index contributed by atoms with van der Waals surface area (Å²) in [5.41, 5.74) is 0.989. The van der Waals surface area contributed by atoms with E-state index in [1.54, 1.807) is 6.92 Å². The molecule has 4 fully saturated rings. The van der Waals surface area contributed by atoms with Gasteiger partial charge in [-0.05, 0) is 61.5 Å². The van der Waals surface area contributed by atoms with Crippen LogP contribution in [0.5, 0.6) is 0 Å². The lowest BCUT2D eigenvalue weighted by atomic mass is 9.83. The number of piperidine rings is 1. The first-order valence-corrected chi connectivity index (χ1v) is 10.6. The van der Waals surface area contributed by atoms with E-state index in [1.165, 1.54) is 56.5 Å². The van der Waals surface area contributed by atoms with Crippen LogP contribution in [0.2, 0.25) is 0 Å². The molecule has 5 rings (SSSR count). The van der Waals surface area contributed by atoms with E-state index in [0.717, 1.165) is 29.4 Å². The van der Waals surface area contributed by atoms with Gasteiger partial charge < -0.3 is 4.90 Å². The maximum atomic E-state index is 12.8. The SMILES string of the molecule is CC(=O)c1cc(CC(=O)N2C[C@@H]3CC[C@H](C2)N(CC2CCC2)C3)cs1. The van der Waals surface area contributed by atoms with Crippen LogP contribution in [0.3, 0.4) is 0 Å². The molecule has 5 heteroatoms. The number of rotatable bonds is 5. The van der Waals surface area contributed by atoms with Crippen LogP contribution < -0.4 is 0 Å². The summed E-state index contributed by atoms with van der Waals surface area (Å²) in [5, 5.41) is 1.96. The van der Waals surface area contributed by atoms with Crippen LogP contribution >= 0.6 is 11.3 Å². The van der Waals surface area contributed by atoms with Crippen molar-refractivity contribution in [1.82, 2.24) is 9.80 Å². The molecule has 1 aromatic heterocycles. The number of amides is 1. The van der Waals surface area contributed by atoms with Gasteiger partial charge in [0.2, 0.25) is 5.91 Å². The van der Waals surface area contributed by atoms with Gasteiger partial charge >= 0.3 is 0 Å². The van der Waals surface area contributed by atoms with Gasteiger partial charge in [-0.15, -0.1) is 11.3 Å². The van der Waals surface area contributed by atoms with Crippen LogP contribution in [0.15, 0.2) is 11.4 Å². The number of ketones is 1. The second-order valence-corrected chi connectivity index (χ2v) is 9.11. The highest BCUT2D eigenvalue weighted by molar-refractivity contribution is 7.12. The fourth-order valence-electron chi connectivity index (χ4n) is 4.55. The molecule has 4 nitrogen and oxygen atoms in total. The number of thiophene rings is 1. The second-order valence-electron chi connectivity index (χ2n) is 8.20. The van der Waals surface area contributed by atoms with Crippen molar-refractivity contribution in [3.05, 3.63) is 21.9 Å². The van der Waals surface area contributed by atoms with Crippen LogP contribution in [-0.4, -0.2) is 53.7 Å². The molecule has 2 atom stereocenters. The van der Waals surface area contributed by atoms with E-state index >= 15 is 0 Å². The smallest absolute Gasteiger partial charge is 0.227 e. The van der Waals surface area contributed by atoms with Gasteiger partial charge in [0.05, 0.1) is 11.3 Å². The Hall–Kier alpha value is -1.20. The van der Waals surface area contributed by atoms with E-state index in [2.05, 4.69) is 9.80 Å². The van der Waals surface area contributed by atoms with Gasteiger partial charge in [-0.25, -0.2) is 0 Å². The van der Waals surface area contributed by atoms with Gasteiger partial charge in [-0.2, -0.15) is 0 Å². The molecular weight excluding hydrogens is 332 g/mol. The summed E-state index contributed by atoms with van der Waals surface area (Å²) >= 11 is 1.45. The Labute approximate surface area is 154 Å². The van der Waals surface area contributed by atoms with Crippen molar-refractivity contribution in [3.63, 3.8) is 0 Å². The Balaban J connectivity index is 1.38. The van der Waals surface area contributed by atoms with Crippen LogP contribution in [0, 0.1) is 11.8 Å². The molecule has 0 spiro atoms. The quantitative estimate of drug-likeness (QED) is 0.757. The van der Waals surface area contributed by atoms with Gasteiger partial charge in [0.25, 0.3) is 0 Å². The van der Waals surface area contributed by atoms with Gasteiger partial charge in [0.1, 0.15) is 0 Å². The summed E-state index contributed by atoms with van der Waals surface area (Å²) < 4.78 is 0. The van der Waals surface area contributed by atoms with Crippen LogP contribution in [0.1, 0.15) is 54.3 Å². The molecule has 0 aromatic carbocycles. The van der Waals surface area contributed by atoms with Crippen molar-refractivity contribution < 1.29 is 9.59 Å². The summed E-state index contributed by atoms with van der Waals surface area (Å²) in [6, 6.07) is 2.44. The predicted octanol–water partition coefficient (Wildman–Crippen LogP) is 3.22. The first-order chi connectivity index (χ1) is 12.1. The maximum absolute atomic E-state index is 12.8. The number of fused-ring (bicyclic) bond motifs is 4. The minimum Gasteiger partial charge on any atom is -0.341 e. The van der Waals surface area contributed by atoms with Gasteiger partial charge in [-0.1, -0.05) is 6.42 Å². The Bertz CT molecular complexity index is 652. The highest BCUT2D eigenvalue weighted by Crippen LogP contribution is 2.33. The lowest BCUT2D eigenvalue weighted by Crippen LogP contribution is -2.47. The molecular formula is C20H28N2O2S. The lowest BCUT2D eigenvalue weighted by Gasteiger charge is -2.40. The average molecular weight is 361 g/mol. The number of nitrogens with zero attached hydrogens (tertiary/aromatic N) is 2. The minimum absolute atomic E-state index is 0.0863. The molecule has 0 radical (unpaired) electrons. The maximum Gasteiger partial charge on any atom is 0.227 e. The molecule has 4 heterocycles. The molecule has 2 bridgehead atoms. The zero-order valence-electron chi connectivity index (χ0n) is 15.1. The largest absolute Gasteiger partial charge is 0.341 e. The first kappa shape index (κ1) is 17.2. The van der Waals surface area contributed by atoms with E-state index in [-0.39, 0.29) is 11.7 Å². The fraction of sp³-hybridized carbons (Fsp3) is 0.700. The Morgan fingerprint density at radius 1 is 1.16 bits per heavy atom. The summed E-state index contributed by atoms with van der Waals surface area (Å²) in [6.07, 6.45) is 7.14. The van der Waals surface area contributed by atoms with Crippen molar-refractivity contribution in [3.8, 4) is 0 Å². The molecule has 1 aromatic rings. The van der Waals surface area contributed by atoms with Crippen molar-refractivity contribution in [2.45, 2.75) is 51.5 Å². The number of carbonyl (C=O) groups is 2. The topological polar surface area (TPSA) is 40.6 Å². The average Bonchev–Trinajstić information content (AvgIpc) is 2.82. The molecule has 3 aliphatic heterocycles. The third kappa shape index (κ3) is 3.82. The van der Waals surface area contributed by atoms with Crippen LogP contribution in [-0.2, 0) is 11.2 Å². The molecule has 1 saturated carbocycles. The third-order valence-corrected chi connectivity index (χ3v) is 7.33. The van der Waals surface area contributed by atoms with Crippen molar-refractivity contribution >= 4 is 23.0 Å². The molecule has 3 saturated heterocycles. The van der Waals surface area contributed by atoms with Gasteiger partial charge in [-0.3, -0.25) is 14.5 Å². The fourth-order valence-corrected chi connectivity index (χ4v) is 5.37. The minimum atomic E-state index is 0.0863. The summed E-state index contributed by atoms with van der Waals surface area (Å²) in [5.74, 6) is 1.86. The molecule has 25 heavy (non-hydrogen) atoms. The Morgan fingerprint density at radius 3 is 2.68 bits per heavy atom. The van der Waals surface area contributed by atoms with E-state index in [0.29, 0.717) is 18.4 Å². The number of hydrogen-bond acceptors (Lipinski definition) is 4. The molecule has 136 valence electrons. The van der Waals surface area contributed by atoms with Crippen LogP contribution in [0.25, 0.3) is 0 Å². The molecule has 1 aliphatic carbocycles. The Kier molecular flexibility index (Phi) is 4.96. The standard InChI is InChI=1S/C20H28N2O2S/c1-14(23)19-7-17(13-25-19)8-20(24)22-11-16-5-6-18(12-22)21(10-16)9-15-3-2-4-15/h7,13,15-16,18H,2-6,8-12H2,1H3/t16-,18-/m1/s1. The van der Waals surface area contributed by atoms with Gasteiger partial charge in [0, 0.05) is 32.2 Å². The van der Waals surface area contributed by atoms with E-state index in [1.807, 2.05) is 11.4 Å². The van der Waals surface area contributed by atoms with E-state index in [4.69, 9.17) is 0 Å². The second kappa shape index (κ2) is 7.20.